The van der Waals surface area contributed by atoms with Gasteiger partial charge in [0.15, 0.2) is 6.10 Å². The molecule has 0 aromatic rings. The Labute approximate surface area is 382 Å². The molecule has 2 unspecified atom stereocenters. The highest BCUT2D eigenvalue weighted by molar-refractivity contribution is 7.47. The molecule has 0 radical (unpaired) electrons. The number of hydrogen-bond donors (Lipinski definition) is 1. The number of phosphoric ester groups is 1. The van der Waals surface area contributed by atoms with E-state index in [9.17, 15) is 19.0 Å². The van der Waals surface area contributed by atoms with E-state index in [-0.39, 0.29) is 32.0 Å². The molecule has 0 aliphatic rings. The van der Waals surface area contributed by atoms with Gasteiger partial charge in [-0.25, -0.2) is 4.57 Å². The van der Waals surface area contributed by atoms with Gasteiger partial charge in [0.25, 0.3) is 0 Å². The molecule has 0 bridgehead atoms. The van der Waals surface area contributed by atoms with Crippen molar-refractivity contribution in [2.45, 2.75) is 258 Å². The Bertz CT molecular complexity index is 1150. The minimum atomic E-state index is -4.29. The zero-order valence-corrected chi connectivity index (χ0v) is 41.4. The van der Waals surface area contributed by atoms with E-state index < -0.39 is 26.5 Å². The second kappa shape index (κ2) is 48.5. The van der Waals surface area contributed by atoms with Crippen molar-refractivity contribution < 1.29 is 37.6 Å². The lowest BCUT2D eigenvalue weighted by molar-refractivity contribution is -0.161. The van der Waals surface area contributed by atoms with E-state index in [2.05, 4.69) is 62.5 Å². The molecule has 0 spiro atoms. The molecule has 0 amide bonds. The van der Waals surface area contributed by atoms with Crippen molar-refractivity contribution in [2.24, 2.45) is 0 Å². The van der Waals surface area contributed by atoms with E-state index in [0.29, 0.717) is 6.42 Å². The van der Waals surface area contributed by atoms with Gasteiger partial charge in [0.2, 0.25) is 0 Å². The van der Waals surface area contributed by atoms with Gasteiger partial charge in [-0.05, 0) is 84.0 Å². The van der Waals surface area contributed by atoms with Gasteiger partial charge < -0.3 is 14.4 Å². The number of rotatable bonds is 48. The van der Waals surface area contributed by atoms with Crippen molar-refractivity contribution >= 4 is 19.8 Å². The van der Waals surface area contributed by atoms with Crippen LogP contribution in [0.4, 0.5) is 0 Å². The van der Waals surface area contributed by atoms with E-state index in [1.165, 1.54) is 167 Å². The summed E-state index contributed by atoms with van der Waals surface area (Å²) in [6.45, 7) is 5.47. The number of phosphoric acid groups is 1. The molecule has 1 N–H and O–H groups in total. The van der Waals surface area contributed by atoms with Gasteiger partial charge in [-0.3, -0.25) is 18.6 Å². The number of esters is 2. The molecule has 0 saturated heterocycles. The first-order valence-corrected chi connectivity index (χ1v) is 27.4. The topological polar surface area (TPSA) is 108 Å². The number of hydrogen-bond acceptors (Lipinski definition) is 7. The molecule has 0 aliphatic carbocycles. The highest BCUT2D eigenvalue weighted by Gasteiger charge is 2.25. The highest BCUT2D eigenvalue weighted by atomic mass is 31.2. The fourth-order valence-electron chi connectivity index (χ4n) is 7.28. The van der Waals surface area contributed by atoms with Gasteiger partial charge in [0, 0.05) is 12.8 Å². The van der Waals surface area contributed by atoms with Gasteiger partial charge >= 0.3 is 19.8 Å². The number of allylic oxidation sites excluding steroid dienone is 8. The van der Waals surface area contributed by atoms with Crippen molar-refractivity contribution in [1.82, 2.24) is 0 Å². The van der Waals surface area contributed by atoms with Crippen LogP contribution in [-0.2, 0) is 32.7 Å². The van der Waals surface area contributed by atoms with Crippen molar-refractivity contribution in [3.8, 4) is 0 Å². The molecule has 0 fully saturated rings. The quantitative estimate of drug-likeness (QED) is 0.0278. The van der Waals surface area contributed by atoms with Crippen LogP contribution in [0.1, 0.15) is 252 Å². The smallest absolute Gasteiger partial charge is 0.462 e. The predicted octanol–water partition coefficient (Wildman–Crippen LogP) is 16.9. The summed E-state index contributed by atoms with van der Waals surface area (Å²) in [5.74, 6) is -0.798. The average Bonchev–Trinajstić information content (AvgIpc) is 3.25. The van der Waals surface area contributed by atoms with Gasteiger partial charge in [-0.2, -0.15) is 0 Å². The standard InChI is InChI=1S/C53H97O8P/c1-4-7-9-11-13-15-17-19-21-23-25-26-27-28-30-32-34-36-38-40-42-44-46-48-53(55)61-51(50-60-62(56,57)59-6-3)49-58-52(54)47-45-43-41-39-37-35-33-31-29-24-22-20-18-16-14-12-10-8-5-2/h14,16-17,19-20,22-23,25,51H,4-13,15,18,21,24,26-50H2,1-3H3,(H,56,57)/b16-14-,19-17-,22-20-,25-23-. The van der Waals surface area contributed by atoms with Gasteiger partial charge in [0.1, 0.15) is 6.61 Å². The van der Waals surface area contributed by atoms with E-state index in [4.69, 9.17) is 18.5 Å². The summed E-state index contributed by atoms with van der Waals surface area (Å²) in [5, 5.41) is 0. The molecule has 0 heterocycles. The van der Waals surface area contributed by atoms with Crippen LogP contribution in [0, 0.1) is 0 Å². The molecule has 9 heteroatoms. The molecule has 0 saturated carbocycles. The maximum atomic E-state index is 12.6. The summed E-state index contributed by atoms with van der Waals surface area (Å²) in [5.41, 5.74) is 0. The Kier molecular flexibility index (Phi) is 46.9. The molecule has 62 heavy (non-hydrogen) atoms. The first kappa shape index (κ1) is 60.0. The Morgan fingerprint density at radius 3 is 1.18 bits per heavy atom. The van der Waals surface area contributed by atoms with Crippen LogP contribution in [0.5, 0.6) is 0 Å². The molecule has 0 aliphatic heterocycles. The third kappa shape index (κ3) is 47.5. The molecule has 0 aromatic heterocycles. The lowest BCUT2D eigenvalue weighted by atomic mass is 10.0. The minimum Gasteiger partial charge on any atom is -0.462 e. The third-order valence-electron chi connectivity index (χ3n) is 11.1. The second-order valence-corrected chi connectivity index (χ2v) is 18.6. The van der Waals surface area contributed by atoms with Gasteiger partial charge in [0.05, 0.1) is 13.2 Å². The number of carbonyl (C=O) groups excluding carboxylic acids is 2. The highest BCUT2D eigenvalue weighted by Crippen LogP contribution is 2.43. The molecule has 8 nitrogen and oxygen atoms in total. The summed E-state index contributed by atoms with van der Waals surface area (Å²) in [6, 6.07) is 0. The summed E-state index contributed by atoms with van der Waals surface area (Å²) in [7, 11) is -4.29. The maximum Gasteiger partial charge on any atom is 0.472 e. The van der Waals surface area contributed by atoms with Crippen LogP contribution < -0.4 is 0 Å². The van der Waals surface area contributed by atoms with Crippen LogP contribution in [0.25, 0.3) is 0 Å². The Morgan fingerprint density at radius 2 is 0.774 bits per heavy atom. The normalized spacial score (nSPS) is 13.5. The van der Waals surface area contributed by atoms with E-state index in [0.717, 1.165) is 44.9 Å². The van der Waals surface area contributed by atoms with Gasteiger partial charge in [-0.15, -0.1) is 0 Å². The van der Waals surface area contributed by atoms with Crippen molar-refractivity contribution in [1.29, 1.82) is 0 Å². The second-order valence-electron chi connectivity index (χ2n) is 17.2. The SMILES string of the molecule is CCCCC/C=C\C/C=C\CCCCCCCCCCCC(=O)OCC(COP(=O)(O)OCC)OC(=O)CCCCCCCCCCCCC/C=C\C/C=C\CCCCCCC. The molecular formula is C53H97O8P. The average molecular weight is 893 g/mol. The van der Waals surface area contributed by atoms with E-state index in [1.807, 2.05) is 0 Å². The van der Waals surface area contributed by atoms with Crippen LogP contribution in [0.3, 0.4) is 0 Å². The van der Waals surface area contributed by atoms with Crippen molar-refractivity contribution in [2.75, 3.05) is 19.8 Å². The number of ether oxygens (including phenoxy) is 2. The van der Waals surface area contributed by atoms with Crippen LogP contribution >= 0.6 is 7.82 Å². The predicted molar refractivity (Wildman–Crippen MR) is 262 cm³/mol. The molecular weight excluding hydrogens is 796 g/mol. The molecule has 362 valence electrons. The Balaban J connectivity index is 3.98. The number of unbranched alkanes of at least 4 members (excludes halogenated alkanes) is 28. The number of carbonyl (C=O) groups is 2. The summed E-state index contributed by atoms with van der Waals surface area (Å²) >= 11 is 0. The first-order valence-electron chi connectivity index (χ1n) is 25.9. The fourth-order valence-corrected chi connectivity index (χ4v) is 8.04. The van der Waals surface area contributed by atoms with Crippen LogP contribution in [-0.4, -0.2) is 42.8 Å². The van der Waals surface area contributed by atoms with Crippen molar-refractivity contribution in [3.05, 3.63) is 48.6 Å². The van der Waals surface area contributed by atoms with E-state index in [1.54, 1.807) is 6.92 Å². The Morgan fingerprint density at radius 1 is 0.435 bits per heavy atom. The Hall–Kier alpha value is -1.99. The molecule has 0 rings (SSSR count). The lowest BCUT2D eigenvalue weighted by Gasteiger charge is -2.19. The summed E-state index contributed by atoms with van der Waals surface area (Å²) < 4.78 is 32.8. The van der Waals surface area contributed by atoms with Crippen LogP contribution in [0.2, 0.25) is 0 Å². The fraction of sp³-hybridized carbons (Fsp3) is 0.811. The van der Waals surface area contributed by atoms with E-state index >= 15 is 0 Å². The lowest BCUT2D eigenvalue weighted by Crippen LogP contribution is -2.29. The molecule has 0 aromatic carbocycles. The van der Waals surface area contributed by atoms with Crippen LogP contribution in [0.15, 0.2) is 48.6 Å². The zero-order chi connectivity index (χ0) is 45.3. The van der Waals surface area contributed by atoms with Crippen molar-refractivity contribution in [3.63, 3.8) is 0 Å². The maximum absolute atomic E-state index is 12.6. The largest absolute Gasteiger partial charge is 0.472 e. The monoisotopic (exact) mass is 893 g/mol. The van der Waals surface area contributed by atoms with Gasteiger partial charge in [-0.1, -0.05) is 204 Å². The minimum absolute atomic E-state index is 0.00121. The molecule has 2 atom stereocenters. The third-order valence-corrected chi connectivity index (χ3v) is 12.2. The summed E-state index contributed by atoms with van der Waals surface area (Å²) in [4.78, 5) is 34.9. The zero-order valence-electron chi connectivity index (χ0n) is 40.5. The summed E-state index contributed by atoms with van der Waals surface area (Å²) in [6.07, 6.45) is 58.8. The first-order chi connectivity index (χ1) is 30.3.